The molecule has 1 heterocycles. The van der Waals surface area contributed by atoms with Gasteiger partial charge in [-0.3, -0.25) is 0 Å². The van der Waals surface area contributed by atoms with E-state index in [1.165, 1.54) is 5.56 Å². The molecular formula is C14H24N2O. The highest BCUT2D eigenvalue weighted by molar-refractivity contribution is 5.37. The van der Waals surface area contributed by atoms with E-state index in [4.69, 9.17) is 4.74 Å². The minimum atomic E-state index is 0.157. The maximum Gasteiger partial charge on any atom is 0.125 e. The lowest BCUT2D eigenvalue weighted by Gasteiger charge is -2.19. The predicted molar refractivity (Wildman–Crippen MR) is 72.5 cm³/mol. The van der Waals surface area contributed by atoms with Crippen LogP contribution in [-0.2, 0) is 10.2 Å². The van der Waals surface area contributed by atoms with E-state index >= 15 is 0 Å². The van der Waals surface area contributed by atoms with Gasteiger partial charge >= 0.3 is 0 Å². The summed E-state index contributed by atoms with van der Waals surface area (Å²) in [4.78, 5) is 4.41. The van der Waals surface area contributed by atoms with Crippen molar-refractivity contribution in [1.82, 2.24) is 4.98 Å². The summed E-state index contributed by atoms with van der Waals surface area (Å²) in [6, 6.07) is 4.15. The first-order chi connectivity index (χ1) is 7.93. The third-order valence-electron chi connectivity index (χ3n) is 2.65. The number of anilines is 1. The van der Waals surface area contributed by atoms with Crippen LogP contribution in [-0.4, -0.2) is 24.2 Å². The lowest BCUT2D eigenvalue weighted by Crippen LogP contribution is -2.20. The average molecular weight is 236 g/mol. The van der Waals surface area contributed by atoms with Gasteiger partial charge in [0.25, 0.3) is 0 Å². The lowest BCUT2D eigenvalue weighted by molar-refractivity contribution is 0.0855. The van der Waals surface area contributed by atoms with Crippen LogP contribution in [0.15, 0.2) is 18.3 Å². The van der Waals surface area contributed by atoms with Crippen molar-refractivity contribution in [2.24, 2.45) is 0 Å². The topological polar surface area (TPSA) is 34.1 Å². The summed E-state index contributed by atoms with van der Waals surface area (Å²) in [5, 5.41) is 3.27. The molecule has 0 aliphatic carbocycles. The van der Waals surface area contributed by atoms with Crippen LogP contribution in [0, 0.1) is 0 Å². The van der Waals surface area contributed by atoms with Crippen molar-refractivity contribution in [2.75, 3.05) is 18.5 Å². The summed E-state index contributed by atoms with van der Waals surface area (Å²) in [5.41, 5.74) is 1.41. The zero-order chi connectivity index (χ0) is 12.9. The standard InChI is InChI=1S/C14H24N2O/c1-6-17-11(2)9-15-13-8-7-12(10-16-13)14(3,4)5/h7-8,10-11H,6,9H2,1-5H3,(H,15,16). The highest BCUT2D eigenvalue weighted by Crippen LogP contribution is 2.21. The monoisotopic (exact) mass is 236 g/mol. The molecule has 17 heavy (non-hydrogen) atoms. The maximum absolute atomic E-state index is 5.45. The first-order valence-corrected chi connectivity index (χ1v) is 6.25. The largest absolute Gasteiger partial charge is 0.377 e. The van der Waals surface area contributed by atoms with Crippen molar-refractivity contribution < 1.29 is 4.74 Å². The average Bonchev–Trinajstić information content (AvgIpc) is 2.26. The molecule has 1 unspecified atom stereocenters. The van der Waals surface area contributed by atoms with Gasteiger partial charge in [-0.05, 0) is 30.9 Å². The predicted octanol–water partition coefficient (Wildman–Crippen LogP) is 3.22. The van der Waals surface area contributed by atoms with E-state index in [0.717, 1.165) is 19.0 Å². The summed E-state index contributed by atoms with van der Waals surface area (Å²) in [5.74, 6) is 0.907. The molecule has 0 saturated carbocycles. The van der Waals surface area contributed by atoms with Crippen LogP contribution in [0.3, 0.4) is 0 Å². The van der Waals surface area contributed by atoms with E-state index in [9.17, 15) is 0 Å². The molecule has 3 heteroatoms. The fourth-order valence-corrected chi connectivity index (χ4v) is 1.53. The summed E-state index contributed by atoms with van der Waals surface area (Å²) in [6.45, 7) is 12.2. The number of nitrogens with zero attached hydrogens (tertiary/aromatic N) is 1. The number of ether oxygens (including phenoxy) is 1. The lowest BCUT2D eigenvalue weighted by atomic mass is 9.88. The third kappa shape index (κ3) is 4.73. The second-order valence-corrected chi connectivity index (χ2v) is 5.33. The normalized spacial score (nSPS) is 13.5. The van der Waals surface area contributed by atoms with Gasteiger partial charge in [-0.15, -0.1) is 0 Å². The molecule has 0 aliphatic heterocycles. The molecular weight excluding hydrogens is 212 g/mol. The van der Waals surface area contributed by atoms with Gasteiger partial charge in [-0.25, -0.2) is 4.98 Å². The minimum absolute atomic E-state index is 0.157. The summed E-state index contributed by atoms with van der Waals surface area (Å²) in [6.07, 6.45) is 2.15. The fraction of sp³-hybridized carbons (Fsp3) is 0.643. The molecule has 0 saturated heterocycles. The van der Waals surface area contributed by atoms with Crippen LogP contribution in [0.1, 0.15) is 40.2 Å². The zero-order valence-corrected chi connectivity index (χ0v) is 11.6. The van der Waals surface area contributed by atoms with Crippen molar-refractivity contribution in [3.05, 3.63) is 23.9 Å². The Morgan fingerprint density at radius 1 is 1.35 bits per heavy atom. The van der Waals surface area contributed by atoms with Gasteiger partial charge < -0.3 is 10.1 Å². The molecule has 0 radical (unpaired) electrons. The van der Waals surface area contributed by atoms with Crippen LogP contribution in [0.5, 0.6) is 0 Å². The molecule has 3 nitrogen and oxygen atoms in total. The van der Waals surface area contributed by atoms with E-state index in [0.29, 0.717) is 0 Å². The molecule has 1 rings (SSSR count). The Bertz CT molecular complexity index is 327. The van der Waals surface area contributed by atoms with E-state index in [-0.39, 0.29) is 11.5 Å². The molecule has 0 bridgehead atoms. The van der Waals surface area contributed by atoms with E-state index in [1.807, 2.05) is 19.2 Å². The van der Waals surface area contributed by atoms with Crippen LogP contribution in [0.2, 0.25) is 0 Å². The van der Waals surface area contributed by atoms with E-state index in [1.54, 1.807) is 0 Å². The number of aromatic nitrogens is 1. The van der Waals surface area contributed by atoms with E-state index in [2.05, 4.69) is 44.1 Å². The minimum Gasteiger partial charge on any atom is -0.377 e. The van der Waals surface area contributed by atoms with Crippen molar-refractivity contribution in [1.29, 1.82) is 0 Å². The molecule has 1 aromatic heterocycles. The Hall–Kier alpha value is -1.09. The molecule has 1 N–H and O–H groups in total. The number of nitrogens with one attached hydrogen (secondary N) is 1. The Balaban J connectivity index is 2.51. The number of hydrogen-bond acceptors (Lipinski definition) is 3. The maximum atomic E-state index is 5.45. The van der Waals surface area contributed by atoms with Gasteiger partial charge in [0, 0.05) is 19.3 Å². The third-order valence-corrected chi connectivity index (χ3v) is 2.65. The SMILES string of the molecule is CCOC(C)CNc1ccc(C(C)(C)C)cn1. The molecule has 1 atom stereocenters. The van der Waals surface area contributed by atoms with Gasteiger partial charge in [0.15, 0.2) is 0 Å². The molecule has 96 valence electrons. The zero-order valence-electron chi connectivity index (χ0n) is 11.6. The molecule has 0 aromatic carbocycles. The van der Waals surface area contributed by atoms with Gasteiger partial charge in [0.05, 0.1) is 6.10 Å². The summed E-state index contributed by atoms with van der Waals surface area (Å²) in [7, 11) is 0. The first kappa shape index (κ1) is 14.0. The molecule has 0 spiro atoms. The van der Waals surface area contributed by atoms with Gasteiger partial charge in [0.2, 0.25) is 0 Å². The van der Waals surface area contributed by atoms with Crippen molar-refractivity contribution in [2.45, 2.75) is 46.1 Å². The first-order valence-electron chi connectivity index (χ1n) is 6.25. The Morgan fingerprint density at radius 3 is 2.53 bits per heavy atom. The quantitative estimate of drug-likeness (QED) is 0.852. The number of pyridine rings is 1. The Labute approximate surface area is 105 Å². The molecule has 0 fully saturated rings. The van der Waals surface area contributed by atoms with E-state index < -0.39 is 0 Å². The van der Waals surface area contributed by atoms with Crippen LogP contribution < -0.4 is 5.32 Å². The summed E-state index contributed by atoms with van der Waals surface area (Å²) >= 11 is 0. The fourth-order valence-electron chi connectivity index (χ4n) is 1.53. The smallest absolute Gasteiger partial charge is 0.125 e. The van der Waals surface area contributed by atoms with Crippen molar-refractivity contribution in [3.8, 4) is 0 Å². The van der Waals surface area contributed by atoms with Crippen LogP contribution >= 0.6 is 0 Å². The Kier molecular flexibility index (Phi) is 4.94. The van der Waals surface area contributed by atoms with Crippen LogP contribution in [0.25, 0.3) is 0 Å². The molecule has 0 aliphatic rings. The number of rotatable bonds is 5. The Morgan fingerprint density at radius 2 is 2.06 bits per heavy atom. The van der Waals surface area contributed by atoms with Gasteiger partial charge in [0.1, 0.15) is 5.82 Å². The molecule has 0 amide bonds. The van der Waals surface area contributed by atoms with Gasteiger partial charge in [-0.2, -0.15) is 0 Å². The second kappa shape index (κ2) is 6.01. The molecule has 1 aromatic rings. The second-order valence-electron chi connectivity index (χ2n) is 5.33. The summed E-state index contributed by atoms with van der Waals surface area (Å²) < 4.78 is 5.45. The highest BCUT2D eigenvalue weighted by Gasteiger charge is 2.13. The van der Waals surface area contributed by atoms with Crippen LogP contribution in [0.4, 0.5) is 5.82 Å². The van der Waals surface area contributed by atoms with Crippen molar-refractivity contribution >= 4 is 5.82 Å². The van der Waals surface area contributed by atoms with Crippen molar-refractivity contribution in [3.63, 3.8) is 0 Å². The highest BCUT2D eigenvalue weighted by atomic mass is 16.5. The number of hydrogen-bond donors (Lipinski definition) is 1. The van der Waals surface area contributed by atoms with Gasteiger partial charge in [-0.1, -0.05) is 26.8 Å².